The number of likely N-dealkylation sites (tertiary alicyclic amines) is 1. The number of carbonyl (C=O) groups is 1. The van der Waals surface area contributed by atoms with Crippen LogP contribution in [0.15, 0.2) is 48.1 Å². The zero-order valence-electron chi connectivity index (χ0n) is 13.0. The van der Waals surface area contributed by atoms with Gasteiger partial charge in [0.1, 0.15) is 10.7 Å². The Balaban J connectivity index is 1.54. The molecule has 2 amide bonds. The standard InChI is InChI=1S/C17H17N5OS/c23-17(20-13-11-19-21-15(13)16-18-8-10-24-16)22-9-4-7-14(22)12-5-2-1-3-6-12/h1-3,5-6,8,10-11,14H,4,7,9H2,(H,19,21)(H,20,23)/t14-/m0/s1. The maximum atomic E-state index is 12.8. The number of rotatable bonds is 3. The van der Waals surface area contributed by atoms with Gasteiger partial charge in [-0.15, -0.1) is 11.3 Å². The number of hydrogen-bond donors (Lipinski definition) is 2. The van der Waals surface area contributed by atoms with Gasteiger partial charge in [0.15, 0.2) is 0 Å². The van der Waals surface area contributed by atoms with Gasteiger partial charge in [-0.1, -0.05) is 30.3 Å². The number of nitrogens with zero attached hydrogens (tertiary/aromatic N) is 3. The van der Waals surface area contributed by atoms with Crippen LogP contribution in [-0.2, 0) is 0 Å². The molecule has 0 unspecified atom stereocenters. The SMILES string of the molecule is O=C(Nc1cn[nH]c1-c1nccs1)N1CCC[C@H]1c1ccccc1. The fraction of sp³-hybridized carbons (Fsp3) is 0.235. The molecule has 0 saturated carbocycles. The van der Waals surface area contributed by atoms with Gasteiger partial charge in [0.25, 0.3) is 0 Å². The topological polar surface area (TPSA) is 73.9 Å². The van der Waals surface area contributed by atoms with Gasteiger partial charge in [0.2, 0.25) is 0 Å². The molecule has 0 aliphatic carbocycles. The summed E-state index contributed by atoms with van der Waals surface area (Å²) in [5, 5.41) is 12.6. The van der Waals surface area contributed by atoms with Crippen molar-refractivity contribution in [2.24, 2.45) is 0 Å². The van der Waals surface area contributed by atoms with Gasteiger partial charge in [-0.25, -0.2) is 9.78 Å². The van der Waals surface area contributed by atoms with E-state index in [2.05, 4.69) is 32.6 Å². The van der Waals surface area contributed by atoms with Crippen molar-refractivity contribution in [3.8, 4) is 10.7 Å². The van der Waals surface area contributed by atoms with E-state index < -0.39 is 0 Å². The van der Waals surface area contributed by atoms with E-state index in [-0.39, 0.29) is 12.1 Å². The van der Waals surface area contributed by atoms with Crippen LogP contribution in [-0.4, -0.2) is 32.7 Å². The fourth-order valence-electron chi connectivity index (χ4n) is 3.11. The summed E-state index contributed by atoms with van der Waals surface area (Å²) in [6.45, 7) is 0.760. The molecule has 1 atom stereocenters. The van der Waals surface area contributed by atoms with E-state index in [9.17, 15) is 4.79 Å². The highest BCUT2D eigenvalue weighted by molar-refractivity contribution is 7.13. The molecule has 0 spiro atoms. The maximum Gasteiger partial charge on any atom is 0.322 e. The monoisotopic (exact) mass is 339 g/mol. The first-order chi connectivity index (χ1) is 11.8. The number of benzene rings is 1. The van der Waals surface area contributed by atoms with Crippen LogP contribution in [0.3, 0.4) is 0 Å². The van der Waals surface area contributed by atoms with Gasteiger partial charge in [0, 0.05) is 18.1 Å². The van der Waals surface area contributed by atoms with E-state index >= 15 is 0 Å². The number of nitrogens with one attached hydrogen (secondary N) is 2. The van der Waals surface area contributed by atoms with Crippen LogP contribution in [0.4, 0.5) is 10.5 Å². The first kappa shape index (κ1) is 14.9. The molecule has 122 valence electrons. The summed E-state index contributed by atoms with van der Waals surface area (Å²) >= 11 is 1.50. The Hall–Kier alpha value is -2.67. The van der Waals surface area contributed by atoms with Gasteiger partial charge < -0.3 is 10.2 Å². The molecule has 0 bridgehead atoms. The number of carbonyl (C=O) groups excluding carboxylic acids is 1. The average molecular weight is 339 g/mol. The van der Waals surface area contributed by atoms with Crippen LogP contribution < -0.4 is 5.32 Å². The minimum Gasteiger partial charge on any atom is -0.317 e. The summed E-state index contributed by atoms with van der Waals surface area (Å²) in [5.74, 6) is 0. The molecule has 7 heteroatoms. The number of urea groups is 1. The molecule has 2 aromatic heterocycles. The predicted molar refractivity (Wildman–Crippen MR) is 93.8 cm³/mol. The highest BCUT2D eigenvalue weighted by atomic mass is 32.1. The Morgan fingerprint density at radius 1 is 1.33 bits per heavy atom. The zero-order valence-corrected chi connectivity index (χ0v) is 13.8. The van der Waals surface area contributed by atoms with Crippen LogP contribution in [0.25, 0.3) is 10.7 Å². The first-order valence-corrected chi connectivity index (χ1v) is 8.76. The largest absolute Gasteiger partial charge is 0.322 e. The van der Waals surface area contributed by atoms with Crippen LogP contribution in [0.2, 0.25) is 0 Å². The van der Waals surface area contributed by atoms with Crippen molar-refractivity contribution in [1.29, 1.82) is 0 Å². The number of anilines is 1. The summed E-state index contributed by atoms with van der Waals surface area (Å²) in [6, 6.07) is 10.2. The summed E-state index contributed by atoms with van der Waals surface area (Å²) in [7, 11) is 0. The number of H-pyrrole nitrogens is 1. The lowest BCUT2D eigenvalue weighted by Gasteiger charge is -2.25. The molecule has 1 fully saturated rings. The molecular formula is C17H17N5OS. The highest BCUT2D eigenvalue weighted by Gasteiger charge is 2.30. The van der Waals surface area contributed by atoms with Crippen molar-refractivity contribution in [3.05, 3.63) is 53.7 Å². The smallest absolute Gasteiger partial charge is 0.317 e. The second kappa shape index (κ2) is 6.45. The number of amides is 2. The number of aromatic nitrogens is 3. The molecular weight excluding hydrogens is 322 g/mol. The van der Waals surface area contributed by atoms with E-state index in [4.69, 9.17) is 0 Å². The molecule has 6 nitrogen and oxygen atoms in total. The van der Waals surface area contributed by atoms with Crippen molar-refractivity contribution >= 4 is 23.1 Å². The number of aromatic amines is 1. The maximum absolute atomic E-state index is 12.8. The molecule has 1 aliphatic rings. The highest BCUT2D eigenvalue weighted by Crippen LogP contribution is 2.33. The Labute approximate surface area is 143 Å². The van der Waals surface area contributed by atoms with Crippen molar-refractivity contribution in [2.75, 3.05) is 11.9 Å². The van der Waals surface area contributed by atoms with Crippen molar-refractivity contribution < 1.29 is 4.79 Å². The van der Waals surface area contributed by atoms with Gasteiger partial charge >= 0.3 is 6.03 Å². The van der Waals surface area contributed by atoms with Gasteiger partial charge in [-0.2, -0.15) is 5.10 Å². The third-order valence-electron chi connectivity index (χ3n) is 4.23. The first-order valence-electron chi connectivity index (χ1n) is 7.89. The van der Waals surface area contributed by atoms with Gasteiger partial charge in [0.05, 0.1) is 17.9 Å². The number of thiazole rings is 1. The average Bonchev–Trinajstić information content (AvgIpc) is 3.36. The minimum absolute atomic E-state index is 0.0967. The lowest BCUT2D eigenvalue weighted by atomic mass is 10.1. The van der Waals surface area contributed by atoms with Crippen molar-refractivity contribution in [3.63, 3.8) is 0 Å². The van der Waals surface area contributed by atoms with E-state index in [1.165, 1.54) is 16.9 Å². The second-order valence-corrected chi connectivity index (χ2v) is 6.58. The third kappa shape index (κ3) is 2.78. The quantitative estimate of drug-likeness (QED) is 0.760. The molecule has 3 aromatic rings. The molecule has 2 N–H and O–H groups in total. The van der Waals surface area contributed by atoms with Crippen LogP contribution in [0.1, 0.15) is 24.4 Å². The Bertz CT molecular complexity index is 815. The second-order valence-electron chi connectivity index (χ2n) is 5.69. The Morgan fingerprint density at radius 2 is 2.21 bits per heavy atom. The van der Waals surface area contributed by atoms with Crippen LogP contribution in [0, 0.1) is 0 Å². The molecule has 1 aliphatic heterocycles. The summed E-state index contributed by atoms with van der Waals surface area (Å²) < 4.78 is 0. The molecule has 3 heterocycles. The predicted octanol–water partition coefficient (Wildman–Crippen LogP) is 3.90. The molecule has 1 saturated heterocycles. The molecule has 24 heavy (non-hydrogen) atoms. The van der Waals surface area contributed by atoms with Crippen molar-refractivity contribution in [1.82, 2.24) is 20.1 Å². The summed E-state index contributed by atoms with van der Waals surface area (Å²) in [4.78, 5) is 18.9. The molecule has 1 aromatic carbocycles. The van der Waals surface area contributed by atoms with Gasteiger partial charge in [-0.3, -0.25) is 5.10 Å². The van der Waals surface area contributed by atoms with E-state index in [1.54, 1.807) is 12.4 Å². The van der Waals surface area contributed by atoms with Crippen LogP contribution >= 0.6 is 11.3 Å². The molecule has 4 rings (SSSR count). The number of hydrogen-bond acceptors (Lipinski definition) is 4. The van der Waals surface area contributed by atoms with Gasteiger partial charge in [-0.05, 0) is 18.4 Å². The van der Waals surface area contributed by atoms with Crippen molar-refractivity contribution in [2.45, 2.75) is 18.9 Å². The zero-order chi connectivity index (χ0) is 16.4. The third-order valence-corrected chi connectivity index (χ3v) is 5.02. The minimum atomic E-state index is -0.0967. The van der Waals surface area contributed by atoms with Crippen LogP contribution in [0.5, 0.6) is 0 Å². The molecule has 0 radical (unpaired) electrons. The lowest BCUT2D eigenvalue weighted by Crippen LogP contribution is -2.34. The van der Waals surface area contributed by atoms with E-state index in [1.807, 2.05) is 28.5 Å². The summed E-state index contributed by atoms with van der Waals surface area (Å²) in [5.41, 5.74) is 2.58. The Morgan fingerprint density at radius 3 is 3.00 bits per heavy atom. The van der Waals surface area contributed by atoms with E-state index in [0.29, 0.717) is 5.69 Å². The fourth-order valence-corrected chi connectivity index (χ4v) is 3.76. The normalized spacial score (nSPS) is 17.2. The van der Waals surface area contributed by atoms with E-state index in [0.717, 1.165) is 30.1 Å². The Kier molecular flexibility index (Phi) is 4.00. The summed E-state index contributed by atoms with van der Waals surface area (Å²) in [6.07, 6.45) is 5.36. The lowest BCUT2D eigenvalue weighted by molar-refractivity contribution is 0.207.